The van der Waals surface area contributed by atoms with E-state index in [0.717, 1.165) is 12.8 Å². The standard InChI is InChI=1S/C25H48NO2/c1-7-11-12-13-14-15-21-26(9-3,10-4)22-17-19-23(5)18-16-20-24(6)28-25(27)8-2/h8,18,24H,2,7,9-17,19-22H2,1,3-6H3/q+1/b23-18-. The van der Waals surface area contributed by atoms with Crippen LogP contribution >= 0.6 is 0 Å². The van der Waals surface area contributed by atoms with Crippen LogP contribution in [0.25, 0.3) is 0 Å². The van der Waals surface area contributed by atoms with Gasteiger partial charge in [0.2, 0.25) is 0 Å². The number of carbonyl (C=O) groups is 1. The zero-order valence-electron chi connectivity index (χ0n) is 19.6. The van der Waals surface area contributed by atoms with Gasteiger partial charge in [-0.2, -0.15) is 0 Å². The molecule has 0 heterocycles. The molecule has 0 aliphatic rings. The summed E-state index contributed by atoms with van der Waals surface area (Å²) in [4.78, 5) is 11.2. The van der Waals surface area contributed by atoms with Crippen molar-refractivity contribution < 1.29 is 14.0 Å². The van der Waals surface area contributed by atoms with E-state index < -0.39 is 0 Å². The Balaban J connectivity index is 4.16. The van der Waals surface area contributed by atoms with Gasteiger partial charge in [-0.3, -0.25) is 0 Å². The molecule has 0 saturated carbocycles. The van der Waals surface area contributed by atoms with Crippen LogP contribution in [0.1, 0.15) is 98.8 Å². The number of allylic oxidation sites excluding steroid dienone is 2. The molecule has 0 spiro atoms. The number of quaternary nitrogens is 1. The van der Waals surface area contributed by atoms with Crippen LogP contribution in [0.3, 0.4) is 0 Å². The minimum atomic E-state index is -0.327. The number of hydrogen-bond acceptors (Lipinski definition) is 2. The number of carbonyl (C=O) groups excluding carboxylic acids is 1. The van der Waals surface area contributed by atoms with Gasteiger partial charge in [0.15, 0.2) is 0 Å². The average molecular weight is 395 g/mol. The van der Waals surface area contributed by atoms with Crippen LogP contribution in [0.4, 0.5) is 0 Å². The number of ether oxygens (including phenoxy) is 1. The fraction of sp³-hybridized carbons (Fsp3) is 0.800. The van der Waals surface area contributed by atoms with Crippen LogP contribution in [-0.4, -0.2) is 42.7 Å². The summed E-state index contributed by atoms with van der Waals surface area (Å²) in [5.41, 5.74) is 1.46. The maximum atomic E-state index is 11.2. The van der Waals surface area contributed by atoms with Gasteiger partial charge in [0, 0.05) is 12.5 Å². The molecule has 0 aromatic carbocycles. The Morgan fingerprint density at radius 2 is 1.61 bits per heavy atom. The van der Waals surface area contributed by atoms with Crippen molar-refractivity contribution in [2.24, 2.45) is 0 Å². The van der Waals surface area contributed by atoms with Gasteiger partial charge in [0.1, 0.15) is 0 Å². The zero-order chi connectivity index (χ0) is 21.3. The summed E-state index contributed by atoms with van der Waals surface area (Å²) in [6.45, 7) is 19.7. The number of unbranched alkanes of at least 4 members (excludes halogenated alkanes) is 5. The SMILES string of the molecule is C=CC(=O)OC(C)CC/C=C(/C)CCC[N+](CC)(CC)CCCCCCCC. The first kappa shape index (κ1) is 26.9. The maximum Gasteiger partial charge on any atom is 0.330 e. The fourth-order valence-corrected chi connectivity index (χ4v) is 3.86. The van der Waals surface area contributed by atoms with Crippen molar-refractivity contribution in [3.05, 3.63) is 24.3 Å². The second-order valence-corrected chi connectivity index (χ2v) is 8.37. The number of hydrogen-bond donors (Lipinski definition) is 0. The van der Waals surface area contributed by atoms with Crippen molar-refractivity contribution in [3.63, 3.8) is 0 Å². The minimum Gasteiger partial charge on any atom is -0.460 e. The molecule has 0 bridgehead atoms. The largest absolute Gasteiger partial charge is 0.460 e. The molecule has 164 valence electrons. The lowest BCUT2D eigenvalue weighted by Crippen LogP contribution is -2.49. The first-order valence-electron chi connectivity index (χ1n) is 11.8. The second kappa shape index (κ2) is 16.8. The van der Waals surface area contributed by atoms with Gasteiger partial charge in [-0.05, 0) is 59.8 Å². The van der Waals surface area contributed by atoms with E-state index in [4.69, 9.17) is 4.74 Å². The molecule has 1 unspecified atom stereocenters. The average Bonchev–Trinajstić information content (AvgIpc) is 2.69. The number of esters is 1. The highest BCUT2D eigenvalue weighted by molar-refractivity contribution is 5.81. The van der Waals surface area contributed by atoms with E-state index in [9.17, 15) is 4.79 Å². The summed E-state index contributed by atoms with van der Waals surface area (Å²) in [7, 11) is 0. The van der Waals surface area contributed by atoms with E-state index in [2.05, 4.69) is 40.3 Å². The Labute approximate surface area is 175 Å². The van der Waals surface area contributed by atoms with Gasteiger partial charge >= 0.3 is 5.97 Å². The van der Waals surface area contributed by atoms with E-state index in [1.165, 1.54) is 93.7 Å². The molecular weight excluding hydrogens is 346 g/mol. The molecule has 0 aliphatic heterocycles. The molecule has 0 rings (SSSR count). The van der Waals surface area contributed by atoms with Crippen LogP contribution in [0, 0.1) is 0 Å². The Kier molecular flexibility index (Phi) is 16.2. The molecule has 0 aromatic heterocycles. The fourth-order valence-electron chi connectivity index (χ4n) is 3.86. The lowest BCUT2D eigenvalue weighted by atomic mass is 10.1. The lowest BCUT2D eigenvalue weighted by Gasteiger charge is -2.37. The third kappa shape index (κ3) is 13.1. The minimum absolute atomic E-state index is 0.0450. The monoisotopic (exact) mass is 394 g/mol. The van der Waals surface area contributed by atoms with Gasteiger partial charge in [-0.25, -0.2) is 4.79 Å². The molecule has 3 heteroatoms. The molecule has 0 aliphatic carbocycles. The van der Waals surface area contributed by atoms with Crippen molar-refractivity contribution in [1.29, 1.82) is 0 Å². The highest BCUT2D eigenvalue weighted by Gasteiger charge is 2.21. The van der Waals surface area contributed by atoms with E-state index >= 15 is 0 Å². The third-order valence-electron chi connectivity index (χ3n) is 6.08. The molecule has 0 radical (unpaired) electrons. The van der Waals surface area contributed by atoms with Crippen LogP contribution in [0.15, 0.2) is 24.3 Å². The van der Waals surface area contributed by atoms with Crippen LogP contribution < -0.4 is 0 Å². The zero-order valence-corrected chi connectivity index (χ0v) is 19.6. The number of rotatable bonds is 18. The first-order valence-corrected chi connectivity index (χ1v) is 11.8. The van der Waals surface area contributed by atoms with Gasteiger partial charge < -0.3 is 9.22 Å². The second-order valence-electron chi connectivity index (χ2n) is 8.37. The van der Waals surface area contributed by atoms with Gasteiger partial charge in [-0.1, -0.05) is 50.8 Å². The van der Waals surface area contributed by atoms with E-state index in [0.29, 0.717) is 0 Å². The molecular formula is C25H48NO2+. The smallest absolute Gasteiger partial charge is 0.330 e. The number of nitrogens with zero attached hydrogens (tertiary/aromatic N) is 1. The maximum absolute atomic E-state index is 11.2. The third-order valence-corrected chi connectivity index (χ3v) is 6.08. The molecule has 0 fully saturated rings. The van der Waals surface area contributed by atoms with Crippen LogP contribution in [0.2, 0.25) is 0 Å². The summed E-state index contributed by atoms with van der Waals surface area (Å²) in [6, 6.07) is 0. The Morgan fingerprint density at radius 1 is 1.00 bits per heavy atom. The topological polar surface area (TPSA) is 26.3 Å². The highest BCUT2D eigenvalue weighted by Crippen LogP contribution is 2.16. The van der Waals surface area contributed by atoms with E-state index in [-0.39, 0.29) is 12.1 Å². The Bertz CT molecular complexity index is 438. The predicted molar refractivity (Wildman–Crippen MR) is 122 cm³/mol. The van der Waals surface area contributed by atoms with Crippen molar-refractivity contribution in [2.75, 3.05) is 26.2 Å². The van der Waals surface area contributed by atoms with Crippen molar-refractivity contribution in [3.8, 4) is 0 Å². The molecule has 28 heavy (non-hydrogen) atoms. The molecule has 1 atom stereocenters. The lowest BCUT2D eigenvalue weighted by molar-refractivity contribution is -0.925. The predicted octanol–water partition coefficient (Wildman–Crippen LogP) is 6.83. The molecule has 0 saturated heterocycles. The quantitative estimate of drug-likeness (QED) is 0.0837. The van der Waals surface area contributed by atoms with E-state index in [1.54, 1.807) is 0 Å². The summed E-state index contributed by atoms with van der Waals surface area (Å²) < 4.78 is 6.49. The molecule has 0 N–H and O–H groups in total. The van der Waals surface area contributed by atoms with Gasteiger partial charge in [0.25, 0.3) is 0 Å². The molecule has 0 amide bonds. The highest BCUT2D eigenvalue weighted by atomic mass is 16.5. The summed E-state index contributed by atoms with van der Waals surface area (Å²) in [6.07, 6.45) is 16.1. The van der Waals surface area contributed by atoms with Crippen molar-refractivity contribution in [2.45, 2.75) is 105 Å². The van der Waals surface area contributed by atoms with Gasteiger partial charge in [0.05, 0.1) is 32.3 Å². The first-order chi connectivity index (χ1) is 13.4. The normalized spacial score (nSPS) is 13.4. The van der Waals surface area contributed by atoms with Gasteiger partial charge in [-0.15, -0.1) is 0 Å². The summed E-state index contributed by atoms with van der Waals surface area (Å²) >= 11 is 0. The molecule has 3 nitrogen and oxygen atoms in total. The molecule has 0 aromatic rings. The summed E-state index contributed by atoms with van der Waals surface area (Å²) in [5.74, 6) is -0.327. The Morgan fingerprint density at radius 3 is 2.21 bits per heavy atom. The van der Waals surface area contributed by atoms with Crippen molar-refractivity contribution >= 4 is 5.97 Å². The Hall–Kier alpha value is -1.09. The van der Waals surface area contributed by atoms with Crippen LogP contribution in [0.5, 0.6) is 0 Å². The van der Waals surface area contributed by atoms with Crippen molar-refractivity contribution in [1.82, 2.24) is 0 Å². The van der Waals surface area contributed by atoms with Crippen LogP contribution in [-0.2, 0) is 9.53 Å². The van der Waals surface area contributed by atoms with E-state index in [1.807, 2.05) is 6.92 Å². The summed E-state index contributed by atoms with van der Waals surface area (Å²) in [5, 5.41) is 0.